The van der Waals surface area contributed by atoms with Gasteiger partial charge < -0.3 is 10.6 Å². The summed E-state index contributed by atoms with van der Waals surface area (Å²) in [5, 5.41) is 0. The summed E-state index contributed by atoms with van der Waals surface area (Å²) in [4.78, 5) is 16.8. The predicted octanol–water partition coefficient (Wildman–Crippen LogP) is 2.30. The van der Waals surface area contributed by atoms with Crippen molar-refractivity contribution in [3.63, 3.8) is 0 Å². The summed E-state index contributed by atoms with van der Waals surface area (Å²) in [6.07, 6.45) is 2.77. The van der Waals surface area contributed by atoms with E-state index in [-0.39, 0.29) is 23.2 Å². The number of aryl methyl sites for hydroxylation is 1. The quantitative estimate of drug-likeness (QED) is 0.930. The molecule has 126 valence electrons. The Hall–Kier alpha value is -1.46. The van der Waals surface area contributed by atoms with Gasteiger partial charge in [-0.05, 0) is 62.4 Å². The van der Waals surface area contributed by atoms with Crippen LogP contribution in [-0.2, 0) is 4.79 Å². The van der Waals surface area contributed by atoms with Gasteiger partial charge in [0.25, 0.3) is 0 Å². The lowest BCUT2D eigenvalue weighted by atomic mass is 9.90. The summed E-state index contributed by atoms with van der Waals surface area (Å²) < 4.78 is 14.2. The molecule has 2 heterocycles. The molecule has 2 unspecified atom stereocenters. The van der Waals surface area contributed by atoms with E-state index in [4.69, 9.17) is 5.73 Å². The first-order valence-electron chi connectivity index (χ1n) is 8.45. The third-order valence-corrected chi connectivity index (χ3v) is 5.32. The van der Waals surface area contributed by atoms with E-state index in [2.05, 4.69) is 11.8 Å². The van der Waals surface area contributed by atoms with Crippen LogP contribution in [0.2, 0.25) is 0 Å². The zero-order valence-electron chi connectivity index (χ0n) is 14.0. The topological polar surface area (TPSA) is 49.6 Å². The smallest absolute Gasteiger partial charge is 0.244 e. The third-order valence-electron chi connectivity index (χ3n) is 5.32. The molecule has 23 heavy (non-hydrogen) atoms. The van der Waals surface area contributed by atoms with Gasteiger partial charge in [-0.2, -0.15) is 0 Å². The number of nitrogens with zero attached hydrogens (tertiary/aromatic N) is 2. The molecule has 0 spiro atoms. The molecule has 0 aliphatic carbocycles. The van der Waals surface area contributed by atoms with Crippen LogP contribution in [0.1, 0.15) is 31.7 Å². The van der Waals surface area contributed by atoms with Crippen LogP contribution < -0.4 is 10.6 Å². The standard InChI is InChI=1S/C18H26FN3O/c1-13-5-6-14(19)16(10-13)22-8-3-4-15(17(22)23)21-9-7-18(2,11-20)12-21/h5-6,10,15H,3-4,7-9,11-12,20H2,1-2H3. The molecule has 5 heteroatoms. The number of hydrogen-bond acceptors (Lipinski definition) is 3. The van der Waals surface area contributed by atoms with E-state index in [1.54, 1.807) is 17.0 Å². The lowest BCUT2D eigenvalue weighted by molar-refractivity contribution is -0.125. The maximum absolute atomic E-state index is 14.2. The molecule has 3 rings (SSSR count). The van der Waals surface area contributed by atoms with Gasteiger partial charge >= 0.3 is 0 Å². The monoisotopic (exact) mass is 319 g/mol. The molecule has 1 aromatic rings. The van der Waals surface area contributed by atoms with Gasteiger partial charge in [0.2, 0.25) is 5.91 Å². The molecule has 1 aromatic carbocycles. The number of anilines is 1. The number of nitrogens with two attached hydrogens (primary N) is 1. The van der Waals surface area contributed by atoms with E-state index < -0.39 is 0 Å². The lowest BCUT2D eigenvalue weighted by Crippen LogP contribution is -2.52. The molecule has 2 aliphatic heterocycles. The van der Waals surface area contributed by atoms with Gasteiger partial charge in [0, 0.05) is 13.1 Å². The van der Waals surface area contributed by atoms with Crippen molar-refractivity contribution in [2.24, 2.45) is 11.1 Å². The van der Waals surface area contributed by atoms with Gasteiger partial charge in [0.15, 0.2) is 0 Å². The van der Waals surface area contributed by atoms with Gasteiger partial charge in [-0.15, -0.1) is 0 Å². The third kappa shape index (κ3) is 3.12. The minimum atomic E-state index is -0.321. The van der Waals surface area contributed by atoms with Crippen LogP contribution in [0.5, 0.6) is 0 Å². The molecule has 2 N–H and O–H groups in total. The molecule has 2 fully saturated rings. The average molecular weight is 319 g/mol. The van der Waals surface area contributed by atoms with Crippen molar-refractivity contribution >= 4 is 11.6 Å². The number of likely N-dealkylation sites (tertiary alicyclic amines) is 1. The van der Waals surface area contributed by atoms with E-state index >= 15 is 0 Å². The first-order valence-corrected chi connectivity index (χ1v) is 8.45. The minimum Gasteiger partial charge on any atom is -0.330 e. The fourth-order valence-electron chi connectivity index (χ4n) is 3.76. The number of benzene rings is 1. The Labute approximate surface area is 137 Å². The number of carbonyl (C=O) groups excluding carboxylic acids is 1. The van der Waals surface area contributed by atoms with Gasteiger partial charge in [-0.1, -0.05) is 13.0 Å². The molecule has 0 radical (unpaired) electrons. The summed E-state index contributed by atoms with van der Waals surface area (Å²) >= 11 is 0. The molecule has 2 atom stereocenters. The van der Waals surface area contributed by atoms with Crippen molar-refractivity contribution in [2.45, 2.75) is 39.2 Å². The molecule has 2 aliphatic rings. The number of rotatable bonds is 3. The van der Waals surface area contributed by atoms with Crippen LogP contribution in [0.4, 0.5) is 10.1 Å². The summed E-state index contributed by atoms with van der Waals surface area (Å²) in [6, 6.07) is 4.81. The minimum absolute atomic E-state index is 0.0296. The molecular weight excluding hydrogens is 293 g/mol. The zero-order chi connectivity index (χ0) is 16.6. The number of hydrogen-bond donors (Lipinski definition) is 1. The Morgan fingerprint density at radius 3 is 2.87 bits per heavy atom. The molecule has 1 amide bonds. The summed E-state index contributed by atoms with van der Waals surface area (Å²) in [7, 11) is 0. The highest BCUT2D eigenvalue weighted by molar-refractivity contribution is 5.98. The van der Waals surface area contributed by atoms with E-state index in [1.807, 2.05) is 6.92 Å². The van der Waals surface area contributed by atoms with Crippen molar-refractivity contribution < 1.29 is 9.18 Å². The van der Waals surface area contributed by atoms with Gasteiger partial charge in [0.1, 0.15) is 5.82 Å². The predicted molar refractivity (Wildman–Crippen MR) is 89.9 cm³/mol. The zero-order valence-corrected chi connectivity index (χ0v) is 14.0. The highest BCUT2D eigenvalue weighted by atomic mass is 19.1. The van der Waals surface area contributed by atoms with Crippen LogP contribution in [-0.4, -0.2) is 43.0 Å². The second kappa shape index (κ2) is 6.21. The van der Waals surface area contributed by atoms with E-state index in [0.717, 1.165) is 37.9 Å². The maximum atomic E-state index is 14.2. The number of halogens is 1. The molecule has 0 saturated carbocycles. The Morgan fingerprint density at radius 1 is 1.39 bits per heavy atom. The Bertz CT molecular complexity index is 606. The Balaban J connectivity index is 1.81. The van der Waals surface area contributed by atoms with Crippen molar-refractivity contribution in [1.29, 1.82) is 0 Å². The fourth-order valence-corrected chi connectivity index (χ4v) is 3.76. The van der Waals surface area contributed by atoms with Crippen LogP contribution >= 0.6 is 0 Å². The van der Waals surface area contributed by atoms with Crippen molar-refractivity contribution in [3.05, 3.63) is 29.6 Å². The average Bonchev–Trinajstić information content (AvgIpc) is 2.93. The molecule has 0 aromatic heterocycles. The molecular formula is C18H26FN3O. The Kier molecular flexibility index (Phi) is 4.43. The maximum Gasteiger partial charge on any atom is 0.244 e. The van der Waals surface area contributed by atoms with Gasteiger partial charge in [-0.25, -0.2) is 4.39 Å². The summed E-state index contributed by atoms with van der Waals surface area (Å²) in [6.45, 7) is 7.08. The first-order chi connectivity index (χ1) is 10.9. The number of piperidine rings is 1. The van der Waals surface area contributed by atoms with Gasteiger partial charge in [0.05, 0.1) is 11.7 Å². The Morgan fingerprint density at radius 2 is 2.17 bits per heavy atom. The lowest BCUT2D eigenvalue weighted by Gasteiger charge is -2.37. The second-order valence-corrected chi connectivity index (χ2v) is 7.34. The number of amides is 1. The summed E-state index contributed by atoms with van der Waals surface area (Å²) in [5.41, 5.74) is 7.36. The van der Waals surface area contributed by atoms with Crippen LogP contribution in [0.3, 0.4) is 0 Å². The van der Waals surface area contributed by atoms with E-state index in [1.165, 1.54) is 6.07 Å². The van der Waals surface area contributed by atoms with Crippen molar-refractivity contribution in [2.75, 3.05) is 31.1 Å². The van der Waals surface area contributed by atoms with E-state index in [0.29, 0.717) is 18.8 Å². The highest BCUT2D eigenvalue weighted by Gasteiger charge is 2.41. The molecule has 2 saturated heterocycles. The van der Waals surface area contributed by atoms with Crippen LogP contribution in [0.25, 0.3) is 0 Å². The fraction of sp³-hybridized carbons (Fsp3) is 0.611. The summed E-state index contributed by atoms with van der Waals surface area (Å²) in [5.74, 6) is -0.292. The van der Waals surface area contributed by atoms with Crippen molar-refractivity contribution in [1.82, 2.24) is 4.90 Å². The second-order valence-electron chi connectivity index (χ2n) is 7.34. The highest BCUT2D eigenvalue weighted by Crippen LogP contribution is 2.33. The number of carbonyl (C=O) groups is 1. The normalized spacial score (nSPS) is 29.3. The molecule has 4 nitrogen and oxygen atoms in total. The van der Waals surface area contributed by atoms with Crippen molar-refractivity contribution in [3.8, 4) is 0 Å². The van der Waals surface area contributed by atoms with Crippen LogP contribution in [0.15, 0.2) is 18.2 Å². The molecule has 0 bridgehead atoms. The largest absolute Gasteiger partial charge is 0.330 e. The van der Waals surface area contributed by atoms with Gasteiger partial charge in [-0.3, -0.25) is 9.69 Å². The van der Waals surface area contributed by atoms with E-state index in [9.17, 15) is 9.18 Å². The SMILES string of the molecule is Cc1ccc(F)c(N2CCCC(N3CCC(C)(CN)C3)C2=O)c1. The van der Waals surface area contributed by atoms with Crippen LogP contribution in [0, 0.1) is 18.2 Å². The first kappa shape index (κ1) is 16.4.